The first-order valence-corrected chi connectivity index (χ1v) is 5.92. The van der Waals surface area contributed by atoms with E-state index in [-0.39, 0.29) is 0 Å². The molecule has 0 saturated carbocycles. The third-order valence-corrected chi connectivity index (χ3v) is 2.49. The lowest BCUT2D eigenvalue weighted by Gasteiger charge is -2.03. The predicted molar refractivity (Wildman–Crippen MR) is 66.0 cm³/mol. The van der Waals surface area contributed by atoms with E-state index in [1.165, 1.54) is 24.2 Å². The molecule has 82 valence electrons. The molecule has 1 heteroatoms. The maximum absolute atomic E-state index is 4.65. The minimum absolute atomic E-state index is 1.08. The van der Waals surface area contributed by atoms with E-state index in [1.807, 2.05) is 6.08 Å². The van der Waals surface area contributed by atoms with Gasteiger partial charge in [0.25, 0.3) is 0 Å². The fourth-order valence-corrected chi connectivity index (χ4v) is 1.59. The maximum Gasteiger partial charge on any atom is 0.0407 e. The second-order valence-corrected chi connectivity index (χ2v) is 3.90. The van der Waals surface area contributed by atoms with Gasteiger partial charge in [0, 0.05) is 11.4 Å². The smallest absolute Gasteiger partial charge is 0.0407 e. The van der Waals surface area contributed by atoms with Crippen LogP contribution in [0.5, 0.6) is 0 Å². The number of nitrogens with zero attached hydrogens (tertiary/aromatic N) is 1. The lowest BCUT2D eigenvalue weighted by molar-refractivity contribution is 0.758. The number of aryl methyl sites for hydroxylation is 2. The van der Waals surface area contributed by atoms with Gasteiger partial charge in [-0.2, -0.15) is 0 Å². The number of aromatic nitrogens is 1. The molecule has 1 rings (SSSR count). The lowest BCUT2D eigenvalue weighted by Crippen LogP contribution is -1.95. The maximum atomic E-state index is 4.65. The van der Waals surface area contributed by atoms with Crippen molar-refractivity contribution in [3.8, 4) is 0 Å². The number of pyridine rings is 1. The van der Waals surface area contributed by atoms with Crippen LogP contribution in [0, 0.1) is 0 Å². The molecule has 0 radical (unpaired) electrons. The molecule has 0 atom stereocenters. The Morgan fingerprint density at radius 3 is 2.47 bits per heavy atom. The summed E-state index contributed by atoms with van der Waals surface area (Å²) in [5, 5.41) is 0. The van der Waals surface area contributed by atoms with Gasteiger partial charge in [0.05, 0.1) is 0 Å². The van der Waals surface area contributed by atoms with Crippen molar-refractivity contribution in [1.29, 1.82) is 0 Å². The first kappa shape index (κ1) is 12.0. The van der Waals surface area contributed by atoms with Gasteiger partial charge >= 0.3 is 0 Å². The molecule has 0 aliphatic rings. The molecule has 0 unspecified atom stereocenters. The van der Waals surface area contributed by atoms with Gasteiger partial charge in [0.1, 0.15) is 0 Å². The summed E-state index contributed by atoms with van der Waals surface area (Å²) < 4.78 is 0. The molecule has 0 aliphatic carbocycles. The lowest BCUT2D eigenvalue weighted by atomic mass is 10.1. The predicted octanol–water partition coefficient (Wildman–Crippen LogP) is 3.93. The van der Waals surface area contributed by atoms with E-state index in [2.05, 4.69) is 36.7 Å². The summed E-state index contributed by atoms with van der Waals surface area (Å²) in [5.74, 6) is 0. The van der Waals surface area contributed by atoms with E-state index >= 15 is 0 Å². The number of hydrogen-bond acceptors (Lipinski definition) is 1. The molecular formula is C14H21N. The third kappa shape index (κ3) is 4.78. The van der Waals surface area contributed by atoms with Crippen LogP contribution >= 0.6 is 0 Å². The van der Waals surface area contributed by atoms with Gasteiger partial charge in [-0.25, -0.2) is 0 Å². The van der Waals surface area contributed by atoms with Gasteiger partial charge < -0.3 is 0 Å². The van der Waals surface area contributed by atoms with Crippen molar-refractivity contribution in [2.24, 2.45) is 0 Å². The minimum Gasteiger partial charge on any atom is -0.258 e. The molecule has 0 fully saturated rings. The van der Waals surface area contributed by atoms with Gasteiger partial charge in [-0.05, 0) is 44.2 Å². The second kappa shape index (κ2) is 7.22. The van der Waals surface area contributed by atoms with Gasteiger partial charge in [0.2, 0.25) is 0 Å². The molecule has 1 heterocycles. The number of rotatable bonds is 7. The molecule has 1 aromatic heterocycles. The van der Waals surface area contributed by atoms with E-state index in [0.717, 1.165) is 25.7 Å². The number of allylic oxidation sites excluding steroid dienone is 1. The zero-order valence-electron chi connectivity index (χ0n) is 9.71. The van der Waals surface area contributed by atoms with Crippen LogP contribution in [-0.4, -0.2) is 4.98 Å². The van der Waals surface area contributed by atoms with E-state index in [1.54, 1.807) is 0 Å². The Labute approximate surface area is 93.2 Å². The fourth-order valence-electron chi connectivity index (χ4n) is 1.59. The van der Waals surface area contributed by atoms with Crippen molar-refractivity contribution in [2.45, 2.75) is 45.4 Å². The summed E-state index contributed by atoms with van der Waals surface area (Å²) in [6.45, 7) is 5.95. The van der Waals surface area contributed by atoms with Gasteiger partial charge in [-0.15, -0.1) is 6.58 Å². The van der Waals surface area contributed by atoms with E-state index in [4.69, 9.17) is 0 Å². The van der Waals surface area contributed by atoms with Gasteiger partial charge in [-0.3, -0.25) is 4.98 Å². The highest BCUT2D eigenvalue weighted by Crippen LogP contribution is 2.07. The molecular weight excluding hydrogens is 182 g/mol. The Balaban J connectivity index is 2.46. The van der Waals surface area contributed by atoms with E-state index in [9.17, 15) is 0 Å². The topological polar surface area (TPSA) is 12.9 Å². The summed E-state index contributed by atoms with van der Waals surface area (Å²) in [6.07, 6.45) is 8.89. The SMILES string of the molecule is C=CCCCc1cccc(CCCC)n1. The van der Waals surface area contributed by atoms with Crippen LogP contribution < -0.4 is 0 Å². The highest BCUT2D eigenvalue weighted by molar-refractivity contribution is 5.11. The van der Waals surface area contributed by atoms with Crippen molar-refractivity contribution in [1.82, 2.24) is 4.98 Å². The standard InChI is InChI=1S/C14H21N/c1-3-5-7-10-14-12-8-11-13(15-14)9-6-4-2/h3,8,11-12H,1,4-7,9-10H2,2H3. The van der Waals surface area contributed by atoms with Crippen LogP contribution in [0.2, 0.25) is 0 Å². The molecule has 0 amide bonds. The molecule has 1 nitrogen and oxygen atoms in total. The largest absolute Gasteiger partial charge is 0.258 e. The van der Waals surface area contributed by atoms with Crippen LogP contribution in [0.3, 0.4) is 0 Å². The average molecular weight is 203 g/mol. The van der Waals surface area contributed by atoms with Crippen molar-refractivity contribution in [3.63, 3.8) is 0 Å². The first-order valence-electron chi connectivity index (χ1n) is 5.92. The van der Waals surface area contributed by atoms with Crippen LogP contribution in [0.25, 0.3) is 0 Å². The molecule has 1 aromatic rings. The van der Waals surface area contributed by atoms with Crippen molar-refractivity contribution >= 4 is 0 Å². The molecule has 0 aromatic carbocycles. The molecule has 0 aliphatic heterocycles. The summed E-state index contributed by atoms with van der Waals surface area (Å²) in [6, 6.07) is 6.38. The van der Waals surface area contributed by atoms with Crippen LogP contribution in [0.1, 0.15) is 44.0 Å². The van der Waals surface area contributed by atoms with E-state index in [0.29, 0.717) is 0 Å². The summed E-state index contributed by atoms with van der Waals surface area (Å²) in [4.78, 5) is 4.65. The van der Waals surface area contributed by atoms with Crippen LogP contribution in [0.4, 0.5) is 0 Å². The molecule has 0 spiro atoms. The first-order chi connectivity index (χ1) is 7.36. The normalized spacial score (nSPS) is 10.2. The monoisotopic (exact) mass is 203 g/mol. The van der Waals surface area contributed by atoms with Crippen LogP contribution in [-0.2, 0) is 12.8 Å². The molecule has 0 N–H and O–H groups in total. The Hall–Kier alpha value is -1.11. The summed E-state index contributed by atoms with van der Waals surface area (Å²) in [7, 11) is 0. The second-order valence-electron chi connectivity index (χ2n) is 3.90. The molecule has 15 heavy (non-hydrogen) atoms. The van der Waals surface area contributed by atoms with E-state index < -0.39 is 0 Å². The molecule has 0 saturated heterocycles. The van der Waals surface area contributed by atoms with Crippen molar-refractivity contribution in [3.05, 3.63) is 42.2 Å². The van der Waals surface area contributed by atoms with Gasteiger partial charge in [0.15, 0.2) is 0 Å². The highest BCUT2D eigenvalue weighted by atomic mass is 14.7. The van der Waals surface area contributed by atoms with Crippen molar-refractivity contribution in [2.75, 3.05) is 0 Å². The number of unbranched alkanes of at least 4 members (excludes halogenated alkanes) is 2. The zero-order valence-corrected chi connectivity index (χ0v) is 9.71. The average Bonchev–Trinajstić information content (AvgIpc) is 2.27. The highest BCUT2D eigenvalue weighted by Gasteiger charge is 1.97. The van der Waals surface area contributed by atoms with Gasteiger partial charge in [-0.1, -0.05) is 25.5 Å². The Kier molecular flexibility index (Phi) is 5.76. The Morgan fingerprint density at radius 2 is 1.87 bits per heavy atom. The Bertz CT molecular complexity index is 291. The summed E-state index contributed by atoms with van der Waals surface area (Å²) in [5.41, 5.74) is 2.47. The Morgan fingerprint density at radius 1 is 1.20 bits per heavy atom. The minimum atomic E-state index is 1.08. The quantitative estimate of drug-likeness (QED) is 0.483. The van der Waals surface area contributed by atoms with Crippen LogP contribution in [0.15, 0.2) is 30.9 Å². The fraction of sp³-hybridized carbons (Fsp3) is 0.500. The zero-order chi connectivity index (χ0) is 10.9. The molecule has 0 bridgehead atoms. The van der Waals surface area contributed by atoms with Crippen molar-refractivity contribution < 1.29 is 0 Å². The third-order valence-electron chi connectivity index (χ3n) is 2.49. The number of hydrogen-bond donors (Lipinski definition) is 0. The summed E-state index contributed by atoms with van der Waals surface area (Å²) >= 11 is 0.